The molecular formula is C15H23NO2. The fourth-order valence-corrected chi connectivity index (χ4v) is 2.19. The zero-order valence-electron chi connectivity index (χ0n) is 11.5. The van der Waals surface area contributed by atoms with Crippen molar-refractivity contribution in [2.45, 2.75) is 33.3 Å². The Balaban J connectivity index is 2.23. The summed E-state index contributed by atoms with van der Waals surface area (Å²) in [6.45, 7) is 8.65. The van der Waals surface area contributed by atoms with E-state index < -0.39 is 0 Å². The van der Waals surface area contributed by atoms with Crippen molar-refractivity contribution in [1.29, 1.82) is 0 Å². The van der Waals surface area contributed by atoms with Crippen molar-refractivity contribution in [3.63, 3.8) is 0 Å². The summed E-state index contributed by atoms with van der Waals surface area (Å²) >= 11 is 0. The van der Waals surface area contributed by atoms with Crippen LogP contribution in [0.4, 0.5) is 5.69 Å². The number of hydrogen-bond acceptors (Lipinski definition) is 3. The topological polar surface area (TPSA) is 32.7 Å². The van der Waals surface area contributed by atoms with Crippen LogP contribution in [0.3, 0.4) is 0 Å². The second-order valence-corrected chi connectivity index (χ2v) is 5.76. The van der Waals surface area contributed by atoms with E-state index in [1.54, 1.807) is 0 Å². The van der Waals surface area contributed by atoms with Crippen molar-refractivity contribution < 1.29 is 9.84 Å². The molecule has 3 nitrogen and oxygen atoms in total. The van der Waals surface area contributed by atoms with E-state index in [1.165, 1.54) is 0 Å². The summed E-state index contributed by atoms with van der Waals surface area (Å²) in [4.78, 5) is 2.33. The monoisotopic (exact) mass is 249 g/mol. The first kappa shape index (κ1) is 13.2. The van der Waals surface area contributed by atoms with Gasteiger partial charge in [-0.25, -0.2) is 0 Å². The highest BCUT2D eigenvalue weighted by atomic mass is 16.5. The predicted octanol–water partition coefficient (Wildman–Crippen LogP) is 2.68. The molecule has 0 fully saturated rings. The van der Waals surface area contributed by atoms with Crippen LogP contribution in [0.1, 0.15) is 27.2 Å². The zero-order chi connectivity index (χ0) is 13.2. The summed E-state index contributed by atoms with van der Waals surface area (Å²) in [6, 6.07) is 8.15. The molecule has 0 aromatic heterocycles. The molecule has 1 aliphatic rings. The number of benzene rings is 1. The summed E-state index contributed by atoms with van der Waals surface area (Å²) in [6.07, 6.45) is 0.693. The van der Waals surface area contributed by atoms with Crippen LogP contribution in [0.2, 0.25) is 0 Å². The number of anilines is 1. The van der Waals surface area contributed by atoms with Gasteiger partial charge in [0.05, 0.1) is 18.4 Å². The van der Waals surface area contributed by atoms with Crippen LogP contribution < -0.4 is 9.64 Å². The first-order valence-electron chi connectivity index (χ1n) is 6.65. The molecule has 1 unspecified atom stereocenters. The van der Waals surface area contributed by atoms with Crippen LogP contribution in [0.15, 0.2) is 24.3 Å². The fourth-order valence-electron chi connectivity index (χ4n) is 2.19. The van der Waals surface area contributed by atoms with Crippen LogP contribution in [0, 0.1) is 5.41 Å². The number of aliphatic hydroxyl groups excluding tert-OH is 1. The van der Waals surface area contributed by atoms with Gasteiger partial charge in [0.15, 0.2) is 0 Å². The number of nitrogens with zero attached hydrogens (tertiary/aromatic N) is 1. The lowest BCUT2D eigenvalue weighted by molar-refractivity contribution is 0.0710. The van der Waals surface area contributed by atoms with Gasteiger partial charge in [0.2, 0.25) is 0 Å². The van der Waals surface area contributed by atoms with E-state index in [2.05, 4.69) is 24.8 Å². The van der Waals surface area contributed by atoms with Crippen LogP contribution in [0.25, 0.3) is 0 Å². The maximum absolute atomic E-state index is 9.87. The van der Waals surface area contributed by atoms with Crippen molar-refractivity contribution >= 4 is 5.69 Å². The van der Waals surface area contributed by atoms with Gasteiger partial charge in [-0.05, 0) is 25.5 Å². The Hall–Kier alpha value is -1.22. The first-order chi connectivity index (χ1) is 8.50. The summed E-state index contributed by atoms with van der Waals surface area (Å²) in [5.41, 5.74) is 1.01. The average molecular weight is 249 g/mol. The molecule has 1 heterocycles. The third kappa shape index (κ3) is 2.78. The SMILES string of the molecule is CC(O)C(C)(C)CN1CCCOc2ccccc21. The molecule has 0 bridgehead atoms. The lowest BCUT2D eigenvalue weighted by Gasteiger charge is -2.35. The lowest BCUT2D eigenvalue weighted by atomic mass is 9.86. The summed E-state index contributed by atoms with van der Waals surface area (Å²) in [7, 11) is 0. The van der Waals surface area contributed by atoms with E-state index >= 15 is 0 Å². The smallest absolute Gasteiger partial charge is 0.142 e. The van der Waals surface area contributed by atoms with Gasteiger partial charge in [-0.2, -0.15) is 0 Å². The molecule has 1 aliphatic heterocycles. The Bertz CT molecular complexity index is 401. The summed E-state index contributed by atoms with van der Waals surface area (Å²) in [5.74, 6) is 0.955. The van der Waals surface area contributed by atoms with Crippen molar-refractivity contribution in [2.75, 3.05) is 24.6 Å². The third-order valence-electron chi connectivity index (χ3n) is 3.77. The Morgan fingerprint density at radius 1 is 1.39 bits per heavy atom. The molecular weight excluding hydrogens is 226 g/mol. The Morgan fingerprint density at radius 2 is 2.11 bits per heavy atom. The van der Waals surface area contributed by atoms with Gasteiger partial charge in [0.1, 0.15) is 5.75 Å². The molecule has 0 aliphatic carbocycles. The van der Waals surface area contributed by atoms with Crippen molar-refractivity contribution in [1.82, 2.24) is 0 Å². The molecule has 1 atom stereocenters. The quantitative estimate of drug-likeness (QED) is 0.894. The number of aliphatic hydroxyl groups is 1. The Morgan fingerprint density at radius 3 is 2.83 bits per heavy atom. The van der Waals surface area contributed by atoms with Crippen LogP contribution >= 0.6 is 0 Å². The van der Waals surface area contributed by atoms with Gasteiger partial charge in [0.25, 0.3) is 0 Å². The Labute approximate surface area is 109 Å². The first-order valence-corrected chi connectivity index (χ1v) is 6.65. The van der Waals surface area contributed by atoms with E-state index in [4.69, 9.17) is 4.74 Å². The molecule has 1 aromatic rings. The fraction of sp³-hybridized carbons (Fsp3) is 0.600. The Kier molecular flexibility index (Phi) is 3.81. The lowest BCUT2D eigenvalue weighted by Crippen LogP contribution is -2.40. The van der Waals surface area contributed by atoms with Gasteiger partial charge < -0.3 is 14.7 Å². The van der Waals surface area contributed by atoms with E-state index in [0.717, 1.165) is 37.6 Å². The third-order valence-corrected chi connectivity index (χ3v) is 3.77. The number of fused-ring (bicyclic) bond motifs is 1. The highest BCUT2D eigenvalue weighted by Crippen LogP contribution is 2.33. The van der Waals surface area contributed by atoms with Gasteiger partial charge >= 0.3 is 0 Å². The normalized spacial score (nSPS) is 17.7. The second kappa shape index (κ2) is 5.19. The van der Waals surface area contributed by atoms with E-state index in [-0.39, 0.29) is 11.5 Å². The largest absolute Gasteiger partial charge is 0.491 e. The van der Waals surface area contributed by atoms with Crippen molar-refractivity contribution in [3.05, 3.63) is 24.3 Å². The van der Waals surface area contributed by atoms with Gasteiger partial charge in [0, 0.05) is 18.5 Å². The van der Waals surface area contributed by atoms with E-state index in [0.29, 0.717) is 0 Å². The molecule has 1 N–H and O–H groups in total. The van der Waals surface area contributed by atoms with E-state index in [1.807, 2.05) is 25.1 Å². The van der Waals surface area contributed by atoms with Gasteiger partial charge in [-0.15, -0.1) is 0 Å². The number of rotatable bonds is 3. The van der Waals surface area contributed by atoms with Crippen molar-refractivity contribution in [3.8, 4) is 5.75 Å². The van der Waals surface area contributed by atoms with Gasteiger partial charge in [-0.3, -0.25) is 0 Å². The molecule has 0 radical (unpaired) electrons. The highest BCUT2D eigenvalue weighted by molar-refractivity contribution is 5.59. The molecule has 0 spiro atoms. The van der Waals surface area contributed by atoms with Crippen molar-refractivity contribution in [2.24, 2.45) is 5.41 Å². The molecule has 2 rings (SSSR count). The summed E-state index contributed by atoms with van der Waals surface area (Å²) < 4.78 is 5.75. The molecule has 0 saturated carbocycles. The van der Waals surface area contributed by atoms with Crippen LogP contribution in [0.5, 0.6) is 5.75 Å². The maximum Gasteiger partial charge on any atom is 0.142 e. The molecule has 0 amide bonds. The minimum absolute atomic E-state index is 0.128. The maximum atomic E-state index is 9.87. The summed E-state index contributed by atoms with van der Waals surface area (Å²) in [5, 5.41) is 9.87. The molecule has 18 heavy (non-hydrogen) atoms. The minimum atomic E-state index is -0.325. The number of ether oxygens (including phenoxy) is 1. The average Bonchev–Trinajstić information content (AvgIpc) is 2.52. The minimum Gasteiger partial charge on any atom is -0.491 e. The van der Waals surface area contributed by atoms with Crippen LogP contribution in [-0.4, -0.2) is 30.9 Å². The standard InChI is InChI=1S/C15H23NO2/c1-12(17)15(2,3)11-16-9-6-10-18-14-8-5-4-7-13(14)16/h4-5,7-8,12,17H,6,9-11H2,1-3H3. The van der Waals surface area contributed by atoms with E-state index in [9.17, 15) is 5.11 Å². The van der Waals surface area contributed by atoms with Crippen LogP contribution in [-0.2, 0) is 0 Å². The molecule has 3 heteroatoms. The molecule has 100 valence electrons. The second-order valence-electron chi connectivity index (χ2n) is 5.76. The van der Waals surface area contributed by atoms with Gasteiger partial charge in [-0.1, -0.05) is 26.0 Å². The number of hydrogen-bond donors (Lipinski definition) is 1. The molecule has 1 aromatic carbocycles. The zero-order valence-corrected chi connectivity index (χ0v) is 11.5. The predicted molar refractivity (Wildman–Crippen MR) is 74.2 cm³/mol. The number of para-hydroxylation sites is 2. The highest BCUT2D eigenvalue weighted by Gasteiger charge is 2.28. The molecule has 0 saturated heterocycles.